The lowest BCUT2D eigenvalue weighted by atomic mass is 9.95. The molecule has 3 aromatic heterocycles. The molecular formula is C31H27FN4O5. The summed E-state index contributed by atoms with van der Waals surface area (Å²) in [5.41, 5.74) is 3.93. The molecule has 0 radical (unpaired) electrons. The zero-order valence-corrected chi connectivity index (χ0v) is 22.9. The van der Waals surface area contributed by atoms with Gasteiger partial charge in [-0.05, 0) is 61.4 Å². The van der Waals surface area contributed by atoms with Crippen LogP contribution in [0.15, 0.2) is 67.0 Å². The van der Waals surface area contributed by atoms with Gasteiger partial charge in [0.05, 0.1) is 31.1 Å². The Hall–Kier alpha value is -5.09. The number of halogens is 1. The minimum absolute atomic E-state index is 0.00636. The molecule has 41 heavy (non-hydrogen) atoms. The normalized spacial score (nSPS) is 11.0. The van der Waals surface area contributed by atoms with E-state index in [2.05, 4.69) is 20.3 Å². The predicted molar refractivity (Wildman–Crippen MR) is 152 cm³/mol. The number of rotatable bonds is 8. The highest BCUT2D eigenvalue weighted by Crippen LogP contribution is 2.38. The van der Waals surface area contributed by atoms with Crippen molar-refractivity contribution in [3.05, 3.63) is 95.3 Å². The van der Waals surface area contributed by atoms with Gasteiger partial charge in [-0.15, -0.1) is 0 Å². The van der Waals surface area contributed by atoms with E-state index >= 15 is 0 Å². The highest BCUT2D eigenvalue weighted by Gasteiger charge is 2.25. The molecule has 2 N–H and O–H groups in total. The molecule has 0 aliphatic heterocycles. The van der Waals surface area contributed by atoms with Gasteiger partial charge >= 0.3 is 0 Å². The van der Waals surface area contributed by atoms with Gasteiger partial charge in [0.25, 0.3) is 5.91 Å². The third kappa shape index (κ3) is 5.64. The van der Waals surface area contributed by atoms with E-state index in [4.69, 9.17) is 14.2 Å². The molecule has 5 rings (SSSR count). The van der Waals surface area contributed by atoms with Crippen molar-refractivity contribution >= 4 is 22.6 Å². The topological polar surface area (TPSA) is 116 Å². The van der Waals surface area contributed by atoms with Crippen LogP contribution in [0.5, 0.6) is 23.0 Å². The summed E-state index contributed by atoms with van der Waals surface area (Å²) in [6.45, 7) is 3.45. The quantitative estimate of drug-likeness (QED) is 0.228. The van der Waals surface area contributed by atoms with Crippen molar-refractivity contribution in [3.8, 4) is 34.1 Å². The summed E-state index contributed by atoms with van der Waals surface area (Å²) in [6, 6.07) is 14.4. The molecule has 0 atom stereocenters. The van der Waals surface area contributed by atoms with Crippen LogP contribution >= 0.6 is 0 Å². The number of pyridine rings is 3. The molecule has 10 heteroatoms. The van der Waals surface area contributed by atoms with Crippen molar-refractivity contribution in [2.75, 3.05) is 19.5 Å². The number of aromatic hydroxyl groups is 1. The fourth-order valence-electron chi connectivity index (χ4n) is 4.57. The summed E-state index contributed by atoms with van der Waals surface area (Å²) in [5.74, 6) is 0.387. The number of carbonyl (C=O) groups is 1. The number of fused-ring (bicyclic) bond motifs is 1. The second kappa shape index (κ2) is 11.6. The summed E-state index contributed by atoms with van der Waals surface area (Å²) in [7, 11) is 3.04. The maximum absolute atomic E-state index is 13.7. The van der Waals surface area contributed by atoms with E-state index in [0.29, 0.717) is 56.4 Å². The molecule has 0 saturated heterocycles. The molecule has 5 aromatic rings. The Kier molecular flexibility index (Phi) is 7.75. The van der Waals surface area contributed by atoms with E-state index in [1.165, 1.54) is 19.2 Å². The highest BCUT2D eigenvalue weighted by atomic mass is 19.1. The second-order valence-corrected chi connectivity index (χ2v) is 9.27. The molecule has 2 aromatic carbocycles. The molecule has 0 saturated carbocycles. The molecule has 3 heterocycles. The Bertz CT molecular complexity index is 1760. The molecule has 0 aliphatic carbocycles. The largest absolute Gasteiger partial charge is 0.506 e. The van der Waals surface area contributed by atoms with Crippen LogP contribution in [0.4, 0.5) is 10.1 Å². The van der Waals surface area contributed by atoms with Gasteiger partial charge in [-0.3, -0.25) is 14.8 Å². The summed E-state index contributed by atoms with van der Waals surface area (Å²) in [5, 5.41) is 14.1. The first-order chi connectivity index (χ1) is 19.8. The van der Waals surface area contributed by atoms with E-state index in [1.807, 2.05) is 0 Å². The second-order valence-electron chi connectivity index (χ2n) is 9.27. The molecule has 0 aliphatic rings. The Morgan fingerprint density at radius 3 is 2.49 bits per heavy atom. The van der Waals surface area contributed by atoms with Crippen LogP contribution in [-0.4, -0.2) is 40.2 Å². The van der Waals surface area contributed by atoms with E-state index in [-0.39, 0.29) is 23.6 Å². The minimum atomic E-state index is -0.574. The number of nitrogens with zero attached hydrogens (tertiary/aromatic N) is 3. The van der Waals surface area contributed by atoms with Crippen LogP contribution in [-0.2, 0) is 11.3 Å². The van der Waals surface area contributed by atoms with E-state index in [0.717, 1.165) is 0 Å². The molecular weight excluding hydrogens is 527 g/mol. The predicted octanol–water partition coefficient (Wildman–Crippen LogP) is 6.35. The first-order valence-electron chi connectivity index (χ1n) is 12.6. The lowest BCUT2D eigenvalue weighted by Crippen LogP contribution is -2.17. The monoisotopic (exact) mass is 554 g/mol. The summed E-state index contributed by atoms with van der Waals surface area (Å²) in [4.78, 5) is 26.7. The van der Waals surface area contributed by atoms with Gasteiger partial charge in [0.15, 0.2) is 5.75 Å². The smallest absolute Gasteiger partial charge is 0.261 e. The highest BCUT2D eigenvalue weighted by molar-refractivity contribution is 6.08. The van der Waals surface area contributed by atoms with Crippen molar-refractivity contribution in [1.82, 2.24) is 15.0 Å². The third-order valence-electron chi connectivity index (χ3n) is 6.48. The Morgan fingerprint density at radius 2 is 1.78 bits per heavy atom. The number of benzene rings is 2. The number of anilines is 1. The molecule has 0 unspecified atom stereocenters. The Labute approximate surface area is 235 Å². The van der Waals surface area contributed by atoms with Crippen LogP contribution in [0.1, 0.15) is 27.3 Å². The SMILES string of the molecule is COCc1nc(C)c(-c2ccc(F)cc2C)c(O)c1C(=O)Nc1ccc(Oc2ccnc3cc(OC)cnc23)cc1. The zero-order valence-electron chi connectivity index (χ0n) is 22.9. The van der Waals surface area contributed by atoms with Crippen molar-refractivity contribution in [1.29, 1.82) is 0 Å². The number of hydrogen-bond acceptors (Lipinski definition) is 8. The number of aryl methyl sites for hydroxylation is 2. The van der Waals surface area contributed by atoms with Gasteiger partial charge in [0.2, 0.25) is 0 Å². The fourth-order valence-corrected chi connectivity index (χ4v) is 4.57. The molecule has 0 spiro atoms. The van der Waals surface area contributed by atoms with Crippen molar-refractivity contribution in [2.24, 2.45) is 0 Å². The maximum Gasteiger partial charge on any atom is 0.261 e. The number of carbonyl (C=O) groups excluding carboxylic acids is 1. The zero-order chi connectivity index (χ0) is 29.1. The summed E-state index contributed by atoms with van der Waals surface area (Å²) in [6.07, 6.45) is 3.21. The van der Waals surface area contributed by atoms with Gasteiger partial charge in [-0.2, -0.15) is 0 Å². The average Bonchev–Trinajstić information content (AvgIpc) is 2.95. The number of amides is 1. The number of ether oxygens (including phenoxy) is 3. The summed E-state index contributed by atoms with van der Waals surface area (Å²) < 4.78 is 30.2. The van der Waals surface area contributed by atoms with Gasteiger partial charge in [0, 0.05) is 42.4 Å². The lowest BCUT2D eigenvalue weighted by molar-refractivity contribution is 0.101. The molecule has 0 fully saturated rings. The van der Waals surface area contributed by atoms with Gasteiger partial charge in [0.1, 0.15) is 34.1 Å². The van der Waals surface area contributed by atoms with Crippen LogP contribution in [0.3, 0.4) is 0 Å². The molecule has 9 nitrogen and oxygen atoms in total. The van der Waals surface area contributed by atoms with E-state index in [9.17, 15) is 14.3 Å². The first-order valence-corrected chi connectivity index (χ1v) is 12.6. The Balaban J connectivity index is 1.42. The average molecular weight is 555 g/mol. The molecule has 0 bridgehead atoms. The number of hydrogen-bond donors (Lipinski definition) is 2. The number of methoxy groups -OCH3 is 2. The summed E-state index contributed by atoms with van der Waals surface area (Å²) >= 11 is 0. The molecule has 1 amide bonds. The van der Waals surface area contributed by atoms with E-state index in [1.54, 1.807) is 75.8 Å². The van der Waals surface area contributed by atoms with Gasteiger partial charge < -0.3 is 24.6 Å². The Morgan fingerprint density at radius 1 is 1.00 bits per heavy atom. The van der Waals surface area contributed by atoms with Crippen LogP contribution < -0.4 is 14.8 Å². The van der Waals surface area contributed by atoms with Crippen LogP contribution in [0, 0.1) is 19.7 Å². The third-order valence-corrected chi connectivity index (χ3v) is 6.48. The van der Waals surface area contributed by atoms with Gasteiger partial charge in [-0.1, -0.05) is 6.07 Å². The van der Waals surface area contributed by atoms with Crippen molar-refractivity contribution in [3.63, 3.8) is 0 Å². The number of nitrogens with one attached hydrogen (secondary N) is 1. The maximum atomic E-state index is 13.7. The van der Waals surface area contributed by atoms with E-state index < -0.39 is 11.7 Å². The number of aromatic nitrogens is 3. The van der Waals surface area contributed by atoms with Crippen LogP contribution in [0.25, 0.3) is 22.2 Å². The van der Waals surface area contributed by atoms with Crippen LogP contribution in [0.2, 0.25) is 0 Å². The van der Waals surface area contributed by atoms with Gasteiger partial charge in [-0.25, -0.2) is 9.37 Å². The lowest BCUT2D eigenvalue weighted by Gasteiger charge is -2.18. The standard InChI is InChI=1S/C31H27FN4O5/c1-17-13-19(32)5-10-23(17)27-18(2)35-25(16-39-3)28(30(27)37)31(38)36-20-6-8-21(9-7-20)41-26-11-12-33-24-14-22(40-4)15-34-29(24)26/h5-15H,16H2,1-4H3,(H,35,37)(H,36,38). The van der Waals surface area contributed by atoms with Crippen molar-refractivity contribution < 1.29 is 28.5 Å². The van der Waals surface area contributed by atoms with Crippen molar-refractivity contribution in [2.45, 2.75) is 20.5 Å². The fraction of sp³-hybridized carbons (Fsp3) is 0.161. The molecule has 208 valence electrons. The first kappa shape index (κ1) is 27.5. The minimum Gasteiger partial charge on any atom is -0.506 e.